The molecule has 9 heteroatoms. The maximum Gasteiger partial charge on any atom is 0.331 e. The van der Waals surface area contributed by atoms with Gasteiger partial charge in [-0.3, -0.25) is 4.79 Å². The smallest absolute Gasteiger partial charge is 0.331 e. The lowest BCUT2D eigenvalue weighted by Crippen LogP contribution is -2.51. The van der Waals surface area contributed by atoms with Crippen LogP contribution in [-0.2, 0) is 24.3 Å². The Kier molecular flexibility index (Phi) is 6.50. The molecular formula is C20H22N2O6S. The molecule has 0 saturated carbocycles. The monoisotopic (exact) mass is 418 g/mol. The Labute approximate surface area is 169 Å². The van der Waals surface area contributed by atoms with Crippen molar-refractivity contribution in [2.24, 2.45) is 0 Å². The van der Waals surface area contributed by atoms with Gasteiger partial charge in [-0.05, 0) is 37.3 Å². The first-order chi connectivity index (χ1) is 13.9. The van der Waals surface area contributed by atoms with Crippen LogP contribution < -0.4 is 0 Å². The highest BCUT2D eigenvalue weighted by atomic mass is 32.2. The number of benzene rings is 1. The van der Waals surface area contributed by atoms with Crippen LogP contribution in [0.1, 0.15) is 11.5 Å². The number of aryl methyl sites for hydroxylation is 1. The van der Waals surface area contributed by atoms with Crippen LogP contribution in [0.4, 0.5) is 0 Å². The SMILES string of the molecule is Cc1ccc(/C=C/C(=O)OCC(=O)N2CCN(S(=O)(=O)c3ccccc3)CC2)o1. The molecule has 1 fully saturated rings. The van der Waals surface area contributed by atoms with E-state index in [0.717, 1.165) is 5.76 Å². The van der Waals surface area contributed by atoms with Crippen LogP contribution in [0.2, 0.25) is 0 Å². The summed E-state index contributed by atoms with van der Waals surface area (Å²) in [6, 6.07) is 11.7. The van der Waals surface area contributed by atoms with E-state index < -0.39 is 22.6 Å². The highest BCUT2D eigenvalue weighted by Gasteiger charge is 2.30. The topological polar surface area (TPSA) is 97.1 Å². The third kappa shape index (κ3) is 5.33. The van der Waals surface area contributed by atoms with Crippen LogP contribution in [0.25, 0.3) is 6.08 Å². The molecule has 1 amide bonds. The zero-order valence-electron chi connectivity index (χ0n) is 16.0. The molecule has 2 heterocycles. The molecule has 1 aromatic heterocycles. The largest absolute Gasteiger partial charge is 0.462 e. The average Bonchev–Trinajstić information content (AvgIpc) is 3.16. The zero-order chi connectivity index (χ0) is 20.9. The Morgan fingerprint density at radius 2 is 1.76 bits per heavy atom. The Balaban J connectivity index is 1.46. The number of rotatable bonds is 6. The summed E-state index contributed by atoms with van der Waals surface area (Å²) in [5.41, 5.74) is 0. The van der Waals surface area contributed by atoms with Gasteiger partial charge in [0.2, 0.25) is 10.0 Å². The van der Waals surface area contributed by atoms with Crippen molar-refractivity contribution in [3.05, 3.63) is 60.1 Å². The van der Waals surface area contributed by atoms with Crippen molar-refractivity contribution in [1.29, 1.82) is 0 Å². The number of amides is 1. The number of carbonyl (C=O) groups is 2. The number of hydrogen-bond acceptors (Lipinski definition) is 6. The first kappa shape index (κ1) is 20.8. The molecule has 1 aliphatic heterocycles. The molecule has 154 valence electrons. The Hall–Kier alpha value is -2.91. The second kappa shape index (κ2) is 9.06. The molecular weight excluding hydrogens is 396 g/mol. The summed E-state index contributed by atoms with van der Waals surface area (Å²) in [6.45, 7) is 2.25. The van der Waals surface area contributed by atoms with Crippen molar-refractivity contribution < 1.29 is 27.2 Å². The summed E-state index contributed by atoms with van der Waals surface area (Å²) < 4.78 is 36.8. The van der Waals surface area contributed by atoms with Crippen LogP contribution >= 0.6 is 0 Å². The standard InChI is InChI=1S/C20H22N2O6S/c1-16-7-8-17(28-16)9-10-20(24)27-15-19(23)21-11-13-22(14-12-21)29(25,26)18-5-3-2-4-6-18/h2-10H,11-15H2,1H3/b10-9+. The first-order valence-electron chi connectivity index (χ1n) is 9.10. The van der Waals surface area contributed by atoms with Crippen LogP contribution in [0.15, 0.2) is 57.9 Å². The lowest BCUT2D eigenvalue weighted by molar-refractivity contribution is -0.148. The molecule has 3 rings (SSSR count). The summed E-state index contributed by atoms with van der Waals surface area (Å²) in [5, 5.41) is 0. The summed E-state index contributed by atoms with van der Waals surface area (Å²) in [7, 11) is -3.58. The van der Waals surface area contributed by atoms with Crippen molar-refractivity contribution in [3.63, 3.8) is 0 Å². The molecule has 29 heavy (non-hydrogen) atoms. The van der Waals surface area contributed by atoms with E-state index in [4.69, 9.17) is 9.15 Å². The van der Waals surface area contributed by atoms with Crippen molar-refractivity contribution in [1.82, 2.24) is 9.21 Å². The average molecular weight is 418 g/mol. The molecule has 0 N–H and O–H groups in total. The number of sulfonamides is 1. The van der Waals surface area contributed by atoms with Gasteiger partial charge in [0.25, 0.3) is 5.91 Å². The molecule has 1 aromatic carbocycles. The maximum atomic E-state index is 12.6. The van der Waals surface area contributed by atoms with Gasteiger partial charge in [-0.1, -0.05) is 18.2 Å². The maximum absolute atomic E-state index is 12.6. The summed E-state index contributed by atoms with van der Waals surface area (Å²) in [4.78, 5) is 25.7. The van der Waals surface area contributed by atoms with E-state index in [0.29, 0.717) is 5.76 Å². The highest BCUT2D eigenvalue weighted by Crippen LogP contribution is 2.17. The molecule has 0 atom stereocenters. The summed E-state index contributed by atoms with van der Waals surface area (Å²) in [5.74, 6) is 0.221. The Bertz CT molecular complexity index is 989. The van der Waals surface area contributed by atoms with Crippen molar-refractivity contribution >= 4 is 28.0 Å². The molecule has 1 aliphatic rings. The second-order valence-corrected chi connectivity index (χ2v) is 8.43. The minimum atomic E-state index is -3.58. The molecule has 8 nitrogen and oxygen atoms in total. The first-order valence-corrected chi connectivity index (χ1v) is 10.5. The van der Waals surface area contributed by atoms with E-state index in [-0.39, 0.29) is 37.0 Å². The number of furan rings is 1. The molecule has 0 spiro atoms. The minimum Gasteiger partial charge on any atom is -0.462 e. The van der Waals surface area contributed by atoms with Gasteiger partial charge < -0.3 is 14.1 Å². The fourth-order valence-corrected chi connectivity index (χ4v) is 4.33. The number of piperazine rings is 1. The van der Waals surface area contributed by atoms with Crippen molar-refractivity contribution in [2.75, 3.05) is 32.8 Å². The lowest BCUT2D eigenvalue weighted by atomic mass is 10.3. The molecule has 0 aliphatic carbocycles. The van der Waals surface area contributed by atoms with Gasteiger partial charge in [-0.15, -0.1) is 0 Å². The highest BCUT2D eigenvalue weighted by molar-refractivity contribution is 7.89. The van der Waals surface area contributed by atoms with Crippen LogP contribution in [0, 0.1) is 6.92 Å². The van der Waals surface area contributed by atoms with Crippen LogP contribution in [0.5, 0.6) is 0 Å². The molecule has 0 bridgehead atoms. The van der Waals surface area contributed by atoms with Gasteiger partial charge in [0.15, 0.2) is 6.61 Å². The van der Waals surface area contributed by atoms with Crippen molar-refractivity contribution in [3.8, 4) is 0 Å². The fraction of sp³-hybridized carbons (Fsp3) is 0.300. The number of nitrogens with zero attached hydrogens (tertiary/aromatic N) is 2. The summed E-state index contributed by atoms with van der Waals surface area (Å²) >= 11 is 0. The normalized spacial score (nSPS) is 15.6. The Morgan fingerprint density at radius 3 is 2.38 bits per heavy atom. The number of carbonyl (C=O) groups excluding carboxylic acids is 2. The molecule has 2 aromatic rings. The van der Waals surface area contributed by atoms with E-state index in [1.54, 1.807) is 49.4 Å². The Morgan fingerprint density at radius 1 is 1.07 bits per heavy atom. The van der Waals surface area contributed by atoms with Gasteiger partial charge in [-0.2, -0.15) is 4.31 Å². The van der Waals surface area contributed by atoms with E-state index >= 15 is 0 Å². The van der Waals surface area contributed by atoms with Gasteiger partial charge in [0.1, 0.15) is 11.5 Å². The van der Waals surface area contributed by atoms with Crippen LogP contribution in [0.3, 0.4) is 0 Å². The van der Waals surface area contributed by atoms with Gasteiger partial charge in [0.05, 0.1) is 4.90 Å². The minimum absolute atomic E-state index is 0.189. The van der Waals surface area contributed by atoms with E-state index in [1.807, 2.05) is 0 Å². The number of ether oxygens (including phenoxy) is 1. The quantitative estimate of drug-likeness (QED) is 0.523. The van der Waals surface area contributed by atoms with Gasteiger partial charge in [-0.25, -0.2) is 13.2 Å². The molecule has 1 saturated heterocycles. The van der Waals surface area contributed by atoms with Gasteiger partial charge in [0, 0.05) is 32.3 Å². The van der Waals surface area contributed by atoms with Gasteiger partial charge >= 0.3 is 5.97 Å². The summed E-state index contributed by atoms with van der Waals surface area (Å²) in [6.07, 6.45) is 2.66. The van der Waals surface area contributed by atoms with Crippen molar-refractivity contribution in [2.45, 2.75) is 11.8 Å². The van der Waals surface area contributed by atoms with Crippen LogP contribution in [-0.4, -0.2) is 62.3 Å². The predicted molar refractivity (Wildman–Crippen MR) is 105 cm³/mol. The van der Waals surface area contributed by atoms with E-state index in [1.165, 1.54) is 21.4 Å². The third-order valence-electron chi connectivity index (χ3n) is 4.46. The predicted octanol–water partition coefficient (Wildman–Crippen LogP) is 1.68. The second-order valence-electron chi connectivity index (χ2n) is 6.49. The third-order valence-corrected chi connectivity index (χ3v) is 6.37. The zero-order valence-corrected chi connectivity index (χ0v) is 16.8. The lowest BCUT2D eigenvalue weighted by Gasteiger charge is -2.33. The fourth-order valence-electron chi connectivity index (χ4n) is 2.88. The van der Waals surface area contributed by atoms with E-state index in [2.05, 4.69) is 0 Å². The molecule has 0 unspecified atom stereocenters. The number of hydrogen-bond donors (Lipinski definition) is 0. The number of esters is 1. The van der Waals surface area contributed by atoms with E-state index in [9.17, 15) is 18.0 Å². The molecule has 0 radical (unpaired) electrons.